The van der Waals surface area contributed by atoms with E-state index < -0.39 is 0 Å². The monoisotopic (exact) mass is 240 g/mol. The molecule has 1 saturated carbocycles. The first-order valence-corrected chi connectivity index (χ1v) is 6.33. The fraction of sp³-hybridized carbons (Fsp3) is 0.267. The smallest absolute Gasteiger partial charge is 0.296 e. The minimum Gasteiger partial charge on any atom is -0.296 e. The van der Waals surface area contributed by atoms with E-state index in [4.69, 9.17) is 0 Å². The maximum atomic E-state index is 12.0. The van der Waals surface area contributed by atoms with Crippen LogP contribution in [0.1, 0.15) is 24.4 Å². The van der Waals surface area contributed by atoms with Crippen LogP contribution in [0.2, 0.25) is 0 Å². The third-order valence-corrected chi connectivity index (χ3v) is 3.23. The second-order valence-corrected chi connectivity index (χ2v) is 4.68. The molecule has 3 nitrogen and oxygen atoms in total. The number of rotatable bonds is 4. The molecule has 3 rings (SSSR count). The Morgan fingerprint density at radius 1 is 1.17 bits per heavy atom. The molecule has 0 unspecified atom stereocenters. The summed E-state index contributed by atoms with van der Waals surface area (Å²) < 4.78 is 3.59. The van der Waals surface area contributed by atoms with Crippen molar-refractivity contribution in [2.45, 2.75) is 25.4 Å². The SMILES string of the molecule is O=c1n(C/C=C/c2ccccc2)ccn1C1CC1. The molecule has 1 aromatic carbocycles. The fourth-order valence-corrected chi connectivity index (χ4v) is 2.06. The summed E-state index contributed by atoms with van der Waals surface area (Å²) in [6.07, 6.45) is 10.1. The Labute approximate surface area is 106 Å². The van der Waals surface area contributed by atoms with Crippen molar-refractivity contribution in [2.24, 2.45) is 0 Å². The van der Waals surface area contributed by atoms with Gasteiger partial charge in [0.2, 0.25) is 0 Å². The zero-order valence-corrected chi connectivity index (χ0v) is 10.2. The van der Waals surface area contributed by atoms with Gasteiger partial charge in [0.05, 0.1) is 0 Å². The van der Waals surface area contributed by atoms with E-state index in [0.29, 0.717) is 12.6 Å². The van der Waals surface area contributed by atoms with E-state index in [0.717, 1.165) is 18.4 Å². The molecule has 0 bridgehead atoms. The molecule has 3 heteroatoms. The van der Waals surface area contributed by atoms with E-state index in [1.54, 1.807) is 4.57 Å². The summed E-state index contributed by atoms with van der Waals surface area (Å²) in [5, 5.41) is 0. The van der Waals surface area contributed by atoms with Crippen LogP contribution in [0.5, 0.6) is 0 Å². The molecule has 0 spiro atoms. The minimum absolute atomic E-state index is 0.107. The molecule has 92 valence electrons. The molecule has 1 heterocycles. The van der Waals surface area contributed by atoms with Gasteiger partial charge in [-0.3, -0.25) is 9.13 Å². The Hall–Kier alpha value is -2.03. The summed E-state index contributed by atoms with van der Waals surface area (Å²) in [4.78, 5) is 12.0. The Bertz CT molecular complexity index is 603. The van der Waals surface area contributed by atoms with Crippen LogP contribution in [-0.2, 0) is 6.54 Å². The van der Waals surface area contributed by atoms with Crippen LogP contribution in [0.4, 0.5) is 0 Å². The van der Waals surface area contributed by atoms with Gasteiger partial charge in [-0.1, -0.05) is 42.5 Å². The molecule has 2 aromatic rings. The van der Waals surface area contributed by atoms with Gasteiger partial charge >= 0.3 is 5.69 Å². The standard InChI is InChI=1S/C15H16N2O/c18-15-16(11-12-17(15)14-8-9-14)10-4-7-13-5-2-1-3-6-13/h1-7,11-12,14H,8-10H2/b7-4+. The quantitative estimate of drug-likeness (QED) is 0.807. The number of aromatic nitrogens is 2. The topological polar surface area (TPSA) is 26.9 Å². The molecule has 0 atom stereocenters. The van der Waals surface area contributed by atoms with Crippen molar-refractivity contribution < 1.29 is 0 Å². The lowest BCUT2D eigenvalue weighted by molar-refractivity contribution is 0.662. The second-order valence-electron chi connectivity index (χ2n) is 4.68. The van der Waals surface area contributed by atoms with Crippen LogP contribution in [0.3, 0.4) is 0 Å². The van der Waals surface area contributed by atoms with Gasteiger partial charge in [0, 0.05) is 25.0 Å². The van der Waals surface area contributed by atoms with E-state index in [-0.39, 0.29) is 5.69 Å². The zero-order valence-electron chi connectivity index (χ0n) is 10.2. The van der Waals surface area contributed by atoms with E-state index in [9.17, 15) is 4.79 Å². The highest BCUT2D eigenvalue weighted by atomic mass is 16.1. The molecule has 1 fully saturated rings. The van der Waals surface area contributed by atoms with Crippen molar-refractivity contribution in [3.8, 4) is 0 Å². The van der Waals surface area contributed by atoms with E-state index in [2.05, 4.69) is 12.1 Å². The molecule has 1 aromatic heterocycles. The molecule has 0 amide bonds. The minimum atomic E-state index is 0.107. The van der Waals surface area contributed by atoms with Crippen molar-refractivity contribution in [1.29, 1.82) is 0 Å². The lowest BCUT2D eigenvalue weighted by Crippen LogP contribution is -2.22. The van der Waals surface area contributed by atoms with Crippen LogP contribution >= 0.6 is 0 Å². The van der Waals surface area contributed by atoms with Crippen LogP contribution < -0.4 is 5.69 Å². The molecular formula is C15H16N2O. The van der Waals surface area contributed by atoms with E-state index >= 15 is 0 Å². The molecule has 0 saturated heterocycles. The summed E-state index contributed by atoms with van der Waals surface area (Å²) in [7, 11) is 0. The predicted octanol–water partition coefficient (Wildman–Crippen LogP) is 2.70. The van der Waals surface area contributed by atoms with Gasteiger partial charge in [-0.05, 0) is 18.4 Å². The van der Waals surface area contributed by atoms with Crippen LogP contribution in [0.25, 0.3) is 6.08 Å². The Balaban J connectivity index is 1.70. The summed E-state index contributed by atoms with van der Waals surface area (Å²) in [5.41, 5.74) is 1.27. The van der Waals surface area contributed by atoms with Crippen molar-refractivity contribution in [1.82, 2.24) is 9.13 Å². The zero-order chi connectivity index (χ0) is 12.4. The number of imidazole rings is 1. The number of hydrogen-bond donors (Lipinski definition) is 0. The number of hydrogen-bond acceptors (Lipinski definition) is 1. The van der Waals surface area contributed by atoms with Gasteiger partial charge in [-0.25, -0.2) is 4.79 Å². The largest absolute Gasteiger partial charge is 0.328 e. The van der Waals surface area contributed by atoms with Gasteiger partial charge in [0.1, 0.15) is 0 Å². The van der Waals surface area contributed by atoms with Crippen molar-refractivity contribution in [2.75, 3.05) is 0 Å². The second kappa shape index (κ2) is 4.69. The van der Waals surface area contributed by atoms with Gasteiger partial charge in [-0.2, -0.15) is 0 Å². The highest BCUT2D eigenvalue weighted by Gasteiger charge is 2.25. The lowest BCUT2D eigenvalue weighted by Gasteiger charge is -1.97. The molecule has 1 aliphatic carbocycles. The van der Waals surface area contributed by atoms with E-state index in [1.807, 2.05) is 47.3 Å². The molecule has 0 radical (unpaired) electrons. The Morgan fingerprint density at radius 3 is 2.67 bits per heavy atom. The summed E-state index contributed by atoms with van der Waals surface area (Å²) in [6.45, 7) is 0.632. The van der Waals surface area contributed by atoms with Gasteiger partial charge in [-0.15, -0.1) is 0 Å². The first-order valence-electron chi connectivity index (χ1n) is 6.33. The number of nitrogens with zero attached hydrogens (tertiary/aromatic N) is 2. The average molecular weight is 240 g/mol. The third kappa shape index (κ3) is 2.30. The summed E-state index contributed by atoms with van der Waals surface area (Å²) in [6, 6.07) is 10.6. The van der Waals surface area contributed by atoms with E-state index in [1.165, 1.54) is 0 Å². The molecule has 18 heavy (non-hydrogen) atoms. The molecular weight excluding hydrogens is 224 g/mol. The molecule has 1 aliphatic rings. The van der Waals surface area contributed by atoms with Gasteiger partial charge in [0.15, 0.2) is 0 Å². The van der Waals surface area contributed by atoms with Gasteiger partial charge in [0.25, 0.3) is 0 Å². The number of benzene rings is 1. The maximum absolute atomic E-state index is 12.0. The fourth-order valence-electron chi connectivity index (χ4n) is 2.06. The van der Waals surface area contributed by atoms with Crippen LogP contribution in [0, 0.1) is 0 Å². The Kier molecular flexibility index (Phi) is 2.89. The normalized spacial score (nSPS) is 15.3. The predicted molar refractivity (Wildman–Crippen MR) is 72.4 cm³/mol. The van der Waals surface area contributed by atoms with Gasteiger partial charge < -0.3 is 0 Å². The highest BCUT2D eigenvalue weighted by Crippen LogP contribution is 2.33. The van der Waals surface area contributed by atoms with Crippen LogP contribution in [-0.4, -0.2) is 9.13 Å². The summed E-state index contributed by atoms with van der Waals surface area (Å²) >= 11 is 0. The maximum Gasteiger partial charge on any atom is 0.328 e. The Morgan fingerprint density at radius 2 is 1.94 bits per heavy atom. The number of allylic oxidation sites excluding steroid dienone is 1. The highest BCUT2D eigenvalue weighted by molar-refractivity contribution is 5.48. The summed E-state index contributed by atoms with van der Waals surface area (Å²) in [5.74, 6) is 0. The molecule has 0 aliphatic heterocycles. The first kappa shape index (κ1) is 11.1. The van der Waals surface area contributed by atoms with Crippen molar-refractivity contribution in [3.63, 3.8) is 0 Å². The van der Waals surface area contributed by atoms with Crippen LogP contribution in [0.15, 0.2) is 53.6 Å². The first-order chi connectivity index (χ1) is 8.84. The molecule has 0 N–H and O–H groups in total. The van der Waals surface area contributed by atoms with Crippen molar-refractivity contribution >= 4 is 6.08 Å². The lowest BCUT2D eigenvalue weighted by atomic mass is 10.2. The van der Waals surface area contributed by atoms with Crippen molar-refractivity contribution in [3.05, 3.63) is 64.8 Å². The average Bonchev–Trinajstić information content (AvgIpc) is 3.17. The third-order valence-electron chi connectivity index (χ3n) is 3.23.